The summed E-state index contributed by atoms with van der Waals surface area (Å²) >= 11 is 0. The first kappa shape index (κ1) is 11.3. The molecule has 0 bridgehead atoms. The van der Waals surface area contributed by atoms with E-state index < -0.39 is 43.0 Å². The van der Waals surface area contributed by atoms with Crippen LogP contribution in [0.4, 0.5) is 0 Å². The molecule has 5 atom stereocenters. The fourth-order valence-corrected chi connectivity index (χ4v) is 1.34. The number of nitrogens with two attached hydrogens (primary N) is 1. The van der Waals surface area contributed by atoms with Crippen LogP contribution in [0.15, 0.2) is 0 Å². The van der Waals surface area contributed by atoms with Crippen LogP contribution < -0.4 is 5.73 Å². The predicted molar refractivity (Wildman–Crippen MR) is 43.0 cm³/mol. The van der Waals surface area contributed by atoms with Gasteiger partial charge >= 0.3 is 0 Å². The quantitative estimate of drug-likeness (QED) is 0.316. The number of hydrogen-bond acceptors (Lipinski definition) is 6. The van der Waals surface area contributed by atoms with Crippen LogP contribution in [0.1, 0.15) is 0 Å². The summed E-state index contributed by atoms with van der Waals surface area (Å²) < 4.78 is 4.81. The zero-order valence-corrected chi connectivity index (χ0v) is 7.28. The minimum absolute atomic E-state index is 0.575. The van der Waals surface area contributed by atoms with Gasteiger partial charge in [0.2, 0.25) is 5.91 Å². The van der Waals surface area contributed by atoms with Crippen LogP contribution in [0.25, 0.3) is 0 Å². The van der Waals surface area contributed by atoms with Gasteiger partial charge in [-0.25, -0.2) is 0 Å². The Kier molecular flexibility index (Phi) is 3.40. The van der Waals surface area contributed by atoms with Crippen LogP contribution in [-0.4, -0.2) is 63.5 Å². The van der Waals surface area contributed by atoms with Gasteiger partial charge in [0.05, 0.1) is 6.61 Å². The molecule has 1 heterocycles. The van der Waals surface area contributed by atoms with Gasteiger partial charge in [-0.15, -0.1) is 0 Å². The maximum atomic E-state index is 10.7. The highest BCUT2D eigenvalue weighted by Crippen LogP contribution is 2.20. The summed E-state index contributed by atoms with van der Waals surface area (Å²) in [5, 5.41) is 36.5. The second kappa shape index (κ2) is 4.20. The molecule has 1 aliphatic heterocycles. The van der Waals surface area contributed by atoms with Crippen molar-refractivity contribution in [3.63, 3.8) is 0 Å². The van der Waals surface area contributed by atoms with E-state index in [1.165, 1.54) is 0 Å². The highest BCUT2D eigenvalue weighted by Gasteiger charge is 2.45. The number of carbonyl (C=O) groups is 1. The first-order valence-corrected chi connectivity index (χ1v) is 4.09. The van der Waals surface area contributed by atoms with E-state index in [1.54, 1.807) is 0 Å². The third-order valence-corrected chi connectivity index (χ3v) is 2.17. The Labute approximate surface area is 79.7 Å². The van der Waals surface area contributed by atoms with Crippen LogP contribution >= 0.6 is 0 Å². The lowest BCUT2D eigenvalue weighted by Crippen LogP contribution is -2.61. The molecular formula is C7H13NO6. The molecular weight excluding hydrogens is 194 g/mol. The van der Waals surface area contributed by atoms with Crippen LogP contribution in [0.5, 0.6) is 0 Å². The van der Waals surface area contributed by atoms with Gasteiger partial charge in [-0.2, -0.15) is 0 Å². The van der Waals surface area contributed by atoms with E-state index >= 15 is 0 Å². The summed E-state index contributed by atoms with van der Waals surface area (Å²) in [6.45, 7) is -0.575. The lowest BCUT2D eigenvalue weighted by Gasteiger charge is -2.38. The first-order chi connectivity index (χ1) is 6.49. The van der Waals surface area contributed by atoms with Gasteiger partial charge in [0.1, 0.15) is 24.4 Å². The second-order valence-corrected chi connectivity index (χ2v) is 3.15. The van der Waals surface area contributed by atoms with Crippen molar-refractivity contribution >= 4 is 5.91 Å². The van der Waals surface area contributed by atoms with E-state index in [2.05, 4.69) is 0 Å². The number of aliphatic hydroxyl groups excluding tert-OH is 4. The van der Waals surface area contributed by atoms with E-state index in [0.717, 1.165) is 0 Å². The summed E-state index contributed by atoms with van der Waals surface area (Å²) in [7, 11) is 0. The van der Waals surface area contributed by atoms with E-state index in [0.29, 0.717) is 0 Å². The molecule has 0 aromatic rings. The Hall–Kier alpha value is -0.730. The van der Waals surface area contributed by atoms with Crippen LogP contribution in [0.2, 0.25) is 0 Å². The molecule has 0 unspecified atom stereocenters. The van der Waals surface area contributed by atoms with Crippen molar-refractivity contribution in [3.8, 4) is 0 Å². The molecule has 6 N–H and O–H groups in total. The lowest BCUT2D eigenvalue weighted by atomic mass is 9.95. The molecule has 0 saturated carbocycles. The average molecular weight is 207 g/mol. The molecule has 0 aromatic heterocycles. The monoisotopic (exact) mass is 207 g/mol. The fraction of sp³-hybridized carbons (Fsp3) is 0.857. The third kappa shape index (κ3) is 1.86. The summed E-state index contributed by atoms with van der Waals surface area (Å²) in [6.07, 6.45) is -7.11. The number of ether oxygens (including phenoxy) is 1. The number of rotatable bonds is 2. The molecule has 1 rings (SSSR count). The van der Waals surface area contributed by atoms with Gasteiger partial charge in [0.25, 0.3) is 0 Å². The van der Waals surface area contributed by atoms with Gasteiger partial charge in [-0.3, -0.25) is 4.79 Å². The minimum Gasteiger partial charge on any atom is -0.394 e. The van der Waals surface area contributed by atoms with E-state index in [9.17, 15) is 20.1 Å². The second-order valence-electron chi connectivity index (χ2n) is 3.15. The van der Waals surface area contributed by atoms with Crippen LogP contribution in [0, 0.1) is 0 Å². The Morgan fingerprint density at radius 2 is 1.79 bits per heavy atom. The van der Waals surface area contributed by atoms with Gasteiger partial charge in [-0.1, -0.05) is 0 Å². The topological polar surface area (TPSA) is 133 Å². The summed E-state index contributed by atoms with van der Waals surface area (Å²) in [5.74, 6) is -0.957. The average Bonchev–Trinajstić information content (AvgIpc) is 2.14. The SMILES string of the molecule is NC(=O)[C@H]1O[C@@H](CO)[C@@H](O)[C@@H](O)[C@@H]1O. The third-order valence-electron chi connectivity index (χ3n) is 2.17. The van der Waals surface area contributed by atoms with Crippen LogP contribution in [-0.2, 0) is 9.53 Å². The van der Waals surface area contributed by atoms with Gasteiger partial charge < -0.3 is 30.9 Å². The predicted octanol–water partition coefficient (Wildman–Crippen LogP) is -3.69. The van der Waals surface area contributed by atoms with Gasteiger partial charge in [0.15, 0.2) is 6.10 Å². The normalized spacial score (nSPS) is 43.6. The molecule has 1 fully saturated rings. The van der Waals surface area contributed by atoms with Crippen molar-refractivity contribution in [2.24, 2.45) is 5.73 Å². The fourth-order valence-electron chi connectivity index (χ4n) is 1.34. The van der Waals surface area contributed by atoms with Crippen molar-refractivity contribution in [1.82, 2.24) is 0 Å². The Balaban J connectivity index is 2.78. The molecule has 1 amide bonds. The zero-order chi connectivity index (χ0) is 10.9. The highest BCUT2D eigenvalue weighted by molar-refractivity contribution is 5.79. The lowest BCUT2D eigenvalue weighted by molar-refractivity contribution is -0.225. The number of hydrogen-bond donors (Lipinski definition) is 5. The number of aliphatic hydroxyl groups is 4. The Bertz CT molecular complexity index is 220. The molecule has 0 spiro atoms. The van der Waals surface area contributed by atoms with Crippen LogP contribution in [0.3, 0.4) is 0 Å². The van der Waals surface area contributed by atoms with E-state index in [-0.39, 0.29) is 0 Å². The molecule has 0 aromatic carbocycles. The van der Waals surface area contributed by atoms with Crippen molar-refractivity contribution in [1.29, 1.82) is 0 Å². The molecule has 82 valence electrons. The number of carbonyl (C=O) groups excluding carboxylic acids is 1. The smallest absolute Gasteiger partial charge is 0.249 e. The standard InChI is InChI=1S/C7H13NO6/c8-7(13)6-5(12)4(11)3(10)2(1-9)14-6/h2-6,9-12H,1H2,(H2,8,13)/t2-,3+,4+,5-,6-/m0/s1. The van der Waals surface area contributed by atoms with Crippen molar-refractivity contribution in [3.05, 3.63) is 0 Å². The zero-order valence-electron chi connectivity index (χ0n) is 7.28. The van der Waals surface area contributed by atoms with E-state index in [1.807, 2.05) is 0 Å². The Morgan fingerprint density at radius 3 is 2.21 bits per heavy atom. The molecule has 7 nitrogen and oxygen atoms in total. The van der Waals surface area contributed by atoms with Gasteiger partial charge in [0, 0.05) is 0 Å². The van der Waals surface area contributed by atoms with Crippen molar-refractivity contribution in [2.75, 3.05) is 6.61 Å². The Morgan fingerprint density at radius 1 is 1.21 bits per heavy atom. The largest absolute Gasteiger partial charge is 0.394 e. The number of amides is 1. The molecule has 1 saturated heterocycles. The molecule has 0 radical (unpaired) electrons. The summed E-state index contributed by atoms with van der Waals surface area (Å²) in [4.78, 5) is 10.7. The molecule has 14 heavy (non-hydrogen) atoms. The van der Waals surface area contributed by atoms with E-state index in [4.69, 9.17) is 15.6 Å². The summed E-state index contributed by atoms with van der Waals surface area (Å²) in [6, 6.07) is 0. The maximum absolute atomic E-state index is 10.7. The molecule has 1 aliphatic rings. The molecule has 0 aliphatic carbocycles. The molecule has 7 heteroatoms. The summed E-state index contributed by atoms with van der Waals surface area (Å²) in [5.41, 5.74) is 4.88. The van der Waals surface area contributed by atoms with Crippen molar-refractivity contribution in [2.45, 2.75) is 30.5 Å². The minimum atomic E-state index is -1.58. The van der Waals surface area contributed by atoms with Crippen molar-refractivity contribution < 1.29 is 30.0 Å². The first-order valence-electron chi connectivity index (χ1n) is 4.09. The number of primary amides is 1. The highest BCUT2D eigenvalue weighted by atomic mass is 16.5. The van der Waals surface area contributed by atoms with Gasteiger partial charge in [-0.05, 0) is 0 Å². The maximum Gasteiger partial charge on any atom is 0.249 e.